The van der Waals surface area contributed by atoms with E-state index in [-0.39, 0.29) is 6.61 Å². The molecule has 1 aliphatic rings. The number of hydrogen-bond donors (Lipinski definition) is 1. The van der Waals surface area contributed by atoms with Crippen LogP contribution in [0.4, 0.5) is 5.95 Å². The molecule has 0 unspecified atom stereocenters. The van der Waals surface area contributed by atoms with Crippen LogP contribution in [0, 0.1) is 5.41 Å². The number of aliphatic hydroxyl groups excluding tert-OH is 1. The van der Waals surface area contributed by atoms with Crippen LogP contribution < -0.4 is 4.90 Å². The van der Waals surface area contributed by atoms with Crippen molar-refractivity contribution in [2.24, 2.45) is 5.41 Å². The molecular weight excluding hydrogens is 214 g/mol. The minimum atomic E-state index is 0.00725. The molecule has 0 aromatic carbocycles. The lowest BCUT2D eigenvalue weighted by Gasteiger charge is -2.23. The summed E-state index contributed by atoms with van der Waals surface area (Å²) in [6, 6.07) is 0. The van der Waals surface area contributed by atoms with Crippen LogP contribution in [0.5, 0.6) is 0 Å². The first kappa shape index (κ1) is 12.3. The van der Waals surface area contributed by atoms with Gasteiger partial charge in [-0.05, 0) is 24.7 Å². The molecule has 0 spiro atoms. The molecular formula is C13H21N3O. The smallest absolute Gasteiger partial charge is 0.225 e. The lowest BCUT2D eigenvalue weighted by molar-refractivity contribution is 0.281. The van der Waals surface area contributed by atoms with Crippen LogP contribution in [0.15, 0.2) is 12.4 Å². The molecule has 1 fully saturated rings. The third-order valence-electron chi connectivity index (χ3n) is 3.50. The zero-order valence-corrected chi connectivity index (χ0v) is 10.7. The van der Waals surface area contributed by atoms with Gasteiger partial charge in [0.05, 0.1) is 6.61 Å². The van der Waals surface area contributed by atoms with Gasteiger partial charge in [0, 0.05) is 31.0 Å². The van der Waals surface area contributed by atoms with Crippen LogP contribution in [0.1, 0.15) is 38.7 Å². The minimum absolute atomic E-state index is 0.00725. The van der Waals surface area contributed by atoms with E-state index < -0.39 is 0 Å². The maximum atomic E-state index is 8.96. The molecule has 4 heteroatoms. The van der Waals surface area contributed by atoms with Crippen molar-refractivity contribution in [1.82, 2.24) is 9.97 Å². The van der Waals surface area contributed by atoms with Crippen molar-refractivity contribution in [2.75, 3.05) is 18.0 Å². The van der Waals surface area contributed by atoms with Crippen LogP contribution in [0.2, 0.25) is 0 Å². The molecule has 2 rings (SSSR count). The molecule has 0 atom stereocenters. The van der Waals surface area contributed by atoms with E-state index in [0.29, 0.717) is 5.41 Å². The van der Waals surface area contributed by atoms with E-state index in [1.807, 2.05) is 0 Å². The first-order valence-electron chi connectivity index (χ1n) is 6.27. The van der Waals surface area contributed by atoms with Gasteiger partial charge in [0.15, 0.2) is 0 Å². The SMILES string of the molecule is CC1(C)CCCN(c2ncc(CO)cn2)CC1. The van der Waals surface area contributed by atoms with Gasteiger partial charge in [0.1, 0.15) is 0 Å². The number of anilines is 1. The normalized spacial score (nSPS) is 20.1. The lowest BCUT2D eigenvalue weighted by Crippen LogP contribution is -2.26. The highest BCUT2D eigenvalue weighted by molar-refractivity contribution is 5.30. The fraction of sp³-hybridized carbons (Fsp3) is 0.692. The molecule has 1 aliphatic heterocycles. The van der Waals surface area contributed by atoms with Gasteiger partial charge in [0.25, 0.3) is 0 Å². The number of aromatic nitrogens is 2. The van der Waals surface area contributed by atoms with Crippen molar-refractivity contribution in [3.8, 4) is 0 Å². The highest BCUT2D eigenvalue weighted by Gasteiger charge is 2.23. The van der Waals surface area contributed by atoms with Crippen LogP contribution in [0.3, 0.4) is 0 Å². The summed E-state index contributed by atoms with van der Waals surface area (Å²) >= 11 is 0. The lowest BCUT2D eigenvalue weighted by atomic mass is 9.85. The topological polar surface area (TPSA) is 49.2 Å². The molecule has 17 heavy (non-hydrogen) atoms. The highest BCUT2D eigenvalue weighted by Crippen LogP contribution is 2.30. The van der Waals surface area contributed by atoms with Gasteiger partial charge in [0.2, 0.25) is 5.95 Å². The van der Waals surface area contributed by atoms with Crippen molar-refractivity contribution in [1.29, 1.82) is 0 Å². The molecule has 94 valence electrons. The zero-order chi connectivity index (χ0) is 12.3. The van der Waals surface area contributed by atoms with E-state index >= 15 is 0 Å². The molecule has 4 nitrogen and oxygen atoms in total. The average molecular weight is 235 g/mol. The first-order valence-corrected chi connectivity index (χ1v) is 6.27. The summed E-state index contributed by atoms with van der Waals surface area (Å²) in [4.78, 5) is 10.9. The van der Waals surface area contributed by atoms with Crippen molar-refractivity contribution >= 4 is 5.95 Å². The average Bonchev–Trinajstić information content (AvgIpc) is 2.50. The molecule has 1 N–H and O–H groups in total. The van der Waals surface area contributed by atoms with E-state index in [1.54, 1.807) is 12.4 Å². The second-order valence-electron chi connectivity index (χ2n) is 5.55. The van der Waals surface area contributed by atoms with Gasteiger partial charge < -0.3 is 10.0 Å². The Kier molecular flexibility index (Phi) is 3.62. The maximum absolute atomic E-state index is 8.96. The van der Waals surface area contributed by atoms with Gasteiger partial charge in [-0.1, -0.05) is 13.8 Å². The Morgan fingerprint density at radius 3 is 2.59 bits per heavy atom. The van der Waals surface area contributed by atoms with Crippen LogP contribution >= 0.6 is 0 Å². The Labute approximate surface area is 103 Å². The summed E-state index contributed by atoms with van der Waals surface area (Å²) in [5, 5.41) is 8.96. The van der Waals surface area contributed by atoms with Gasteiger partial charge in [-0.25, -0.2) is 9.97 Å². The quantitative estimate of drug-likeness (QED) is 0.851. The Hall–Kier alpha value is -1.16. The molecule has 1 aromatic rings. The summed E-state index contributed by atoms with van der Waals surface area (Å²) in [6.45, 7) is 6.71. The Morgan fingerprint density at radius 1 is 1.24 bits per heavy atom. The fourth-order valence-electron chi connectivity index (χ4n) is 2.22. The molecule has 0 saturated carbocycles. The van der Waals surface area contributed by atoms with E-state index in [1.165, 1.54) is 19.3 Å². The Bertz CT molecular complexity index is 361. The van der Waals surface area contributed by atoms with Gasteiger partial charge in [-0.15, -0.1) is 0 Å². The number of nitrogens with zero attached hydrogens (tertiary/aromatic N) is 3. The molecule has 0 amide bonds. The predicted molar refractivity (Wildman–Crippen MR) is 67.8 cm³/mol. The Morgan fingerprint density at radius 2 is 1.94 bits per heavy atom. The minimum Gasteiger partial charge on any atom is -0.392 e. The fourth-order valence-corrected chi connectivity index (χ4v) is 2.22. The summed E-state index contributed by atoms with van der Waals surface area (Å²) < 4.78 is 0. The number of aliphatic hydroxyl groups is 1. The predicted octanol–water partition coefficient (Wildman–Crippen LogP) is 1.99. The monoisotopic (exact) mass is 235 g/mol. The first-order chi connectivity index (χ1) is 8.11. The second-order valence-corrected chi connectivity index (χ2v) is 5.55. The second kappa shape index (κ2) is 5.00. The van der Waals surface area contributed by atoms with Gasteiger partial charge >= 0.3 is 0 Å². The molecule has 2 heterocycles. The third kappa shape index (κ3) is 3.16. The van der Waals surface area contributed by atoms with Crippen LogP contribution in [-0.2, 0) is 6.61 Å². The van der Waals surface area contributed by atoms with E-state index in [0.717, 1.165) is 24.6 Å². The zero-order valence-electron chi connectivity index (χ0n) is 10.7. The van der Waals surface area contributed by atoms with E-state index in [9.17, 15) is 0 Å². The standard InChI is InChI=1S/C13H21N3O/c1-13(2)4-3-6-16(7-5-13)12-14-8-11(10-17)9-15-12/h8-9,17H,3-7,10H2,1-2H3. The maximum Gasteiger partial charge on any atom is 0.225 e. The van der Waals surface area contributed by atoms with Gasteiger partial charge in [-0.3, -0.25) is 0 Å². The number of hydrogen-bond acceptors (Lipinski definition) is 4. The molecule has 1 aromatic heterocycles. The third-order valence-corrected chi connectivity index (χ3v) is 3.50. The molecule has 1 saturated heterocycles. The largest absolute Gasteiger partial charge is 0.392 e. The number of rotatable bonds is 2. The van der Waals surface area contributed by atoms with Crippen molar-refractivity contribution < 1.29 is 5.11 Å². The van der Waals surface area contributed by atoms with Crippen LogP contribution in [0.25, 0.3) is 0 Å². The summed E-state index contributed by atoms with van der Waals surface area (Å²) in [6.07, 6.45) is 7.05. The van der Waals surface area contributed by atoms with Crippen molar-refractivity contribution in [2.45, 2.75) is 39.7 Å². The Balaban J connectivity index is 2.06. The van der Waals surface area contributed by atoms with Crippen LogP contribution in [-0.4, -0.2) is 28.2 Å². The molecule has 0 bridgehead atoms. The van der Waals surface area contributed by atoms with E-state index in [2.05, 4.69) is 28.7 Å². The van der Waals surface area contributed by atoms with Crippen molar-refractivity contribution in [3.63, 3.8) is 0 Å². The van der Waals surface area contributed by atoms with E-state index in [4.69, 9.17) is 5.11 Å². The summed E-state index contributed by atoms with van der Waals surface area (Å²) in [5.41, 5.74) is 1.20. The van der Waals surface area contributed by atoms with Gasteiger partial charge in [-0.2, -0.15) is 0 Å². The van der Waals surface area contributed by atoms with Crippen molar-refractivity contribution in [3.05, 3.63) is 18.0 Å². The summed E-state index contributed by atoms with van der Waals surface area (Å²) in [5.74, 6) is 0.792. The molecule has 0 radical (unpaired) electrons. The molecule has 0 aliphatic carbocycles. The highest BCUT2D eigenvalue weighted by atomic mass is 16.3. The summed E-state index contributed by atoms with van der Waals surface area (Å²) in [7, 11) is 0.